The summed E-state index contributed by atoms with van der Waals surface area (Å²) in [5, 5.41) is 11.9. The van der Waals surface area contributed by atoms with Gasteiger partial charge in [0.05, 0.1) is 29.6 Å². The molecule has 0 radical (unpaired) electrons. The Labute approximate surface area is 154 Å². The van der Waals surface area contributed by atoms with E-state index in [1.807, 2.05) is 43.3 Å². The van der Waals surface area contributed by atoms with Crippen molar-refractivity contribution in [2.75, 3.05) is 17.1 Å². The van der Waals surface area contributed by atoms with Crippen LogP contribution in [-0.2, 0) is 14.8 Å². The second kappa shape index (κ2) is 8.50. The lowest BCUT2D eigenvalue weighted by atomic mass is 10.1. The molecule has 1 N–H and O–H groups in total. The van der Waals surface area contributed by atoms with Gasteiger partial charge in [-0.1, -0.05) is 36.4 Å². The number of nitriles is 1. The average Bonchev–Trinajstić information content (AvgIpc) is 2.61. The van der Waals surface area contributed by atoms with Crippen molar-refractivity contribution in [2.45, 2.75) is 19.4 Å². The molecule has 1 unspecified atom stereocenters. The largest absolute Gasteiger partial charge is 0.350 e. The van der Waals surface area contributed by atoms with Crippen molar-refractivity contribution < 1.29 is 13.2 Å². The summed E-state index contributed by atoms with van der Waals surface area (Å²) < 4.78 is 25.3. The molecule has 0 saturated heterocycles. The van der Waals surface area contributed by atoms with Crippen LogP contribution in [-0.4, -0.2) is 27.1 Å². The maximum atomic E-state index is 12.2. The van der Waals surface area contributed by atoms with Gasteiger partial charge in [-0.25, -0.2) is 8.42 Å². The highest BCUT2D eigenvalue weighted by atomic mass is 32.2. The molecule has 6 nitrogen and oxygen atoms in total. The van der Waals surface area contributed by atoms with E-state index in [2.05, 4.69) is 5.32 Å². The van der Waals surface area contributed by atoms with E-state index >= 15 is 0 Å². The first-order valence-corrected chi connectivity index (χ1v) is 9.98. The zero-order valence-corrected chi connectivity index (χ0v) is 15.5. The van der Waals surface area contributed by atoms with Crippen LogP contribution in [0, 0.1) is 11.3 Å². The molecule has 0 heterocycles. The Morgan fingerprint density at radius 3 is 2.50 bits per heavy atom. The Kier molecular flexibility index (Phi) is 6.36. The number of nitrogens with one attached hydrogen (secondary N) is 1. The Bertz CT molecular complexity index is 905. The quantitative estimate of drug-likeness (QED) is 0.810. The van der Waals surface area contributed by atoms with Gasteiger partial charge in [0.2, 0.25) is 15.9 Å². The van der Waals surface area contributed by atoms with E-state index in [4.69, 9.17) is 5.26 Å². The van der Waals surface area contributed by atoms with Gasteiger partial charge in [-0.05, 0) is 30.7 Å². The molecule has 0 aliphatic heterocycles. The number of hydrogen-bond acceptors (Lipinski definition) is 4. The molecule has 0 aliphatic rings. The SMILES string of the molecule is CC(NC(=O)CCN(c1cccc(C#N)c1)S(C)(=O)=O)c1ccccc1. The van der Waals surface area contributed by atoms with Crippen LogP contribution in [0.3, 0.4) is 0 Å². The summed E-state index contributed by atoms with van der Waals surface area (Å²) in [4.78, 5) is 12.2. The maximum absolute atomic E-state index is 12.2. The zero-order valence-electron chi connectivity index (χ0n) is 14.7. The second-order valence-electron chi connectivity index (χ2n) is 5.95. The standard InChI is InChI=1S/C19H21N3O3S/c1-15(17-8-4-3-5-9-17)21-19(23)11-12-22(26(2,24)25)18-10-6-7-16(13-18)14-20/h3-10,13,15H,11-12H2,1-2H3,(H,21,23). The van der Waals surface area contributed by atoms with Crippen LogP contribution >= 0.6 is 0 Å². The van der Waals surface area contributed by atoms with Crippen molar-refractivity contribution in [1.82, 2.24) is 5.32 Å². The third kappa shape index (κ3) is 5.33. The number of sulfonamides is 1. The number of carbonyl (C=O) groups is 1. The Balaban J connectivity index is 2.05. The summed E-state index contributed by atoms with van der Waals surface area (Å²) in [7, 11) is -3.58. The summed E-state index contributed by atoms with van der Waals surface area (Å²) in [6.07, 6.45) is 1.09. The van der Waals surface area contributed by atoms with Gasteiger partial charge in [0.25, 0.3) is 0 Å². The second-order valence-corrected chi connectivity index (χ2v) is 7.85. The lowest BCUT2D eigenvalue weighted by molar-refractivity contribution is -0.121. The van der Waals surface area contributed by atoms with Gasteiger partial charge < -0.3 is 5.32 Å². The van der Waals surface area contributed by atoms with E-state index in [1.165, 1.54) is 6.07 Å². The topological polar surface area (TPSA) is 90.3 Å². The zero-order chi connectivity index (χ0) is 19.2. The first kappa shape index (κ1) is 19.5. The molecule has 0 aliphatic carbocycles. The number of carbonyl (C=O) groups excluding carboxylic acids is 1. The van der Waals surface area contributed by atoms with E-state index < -0.39 is 10.0 Å². The number of benzene rings is 2. The highest BCUT2D eigenvalue weighted by Crippen LogP contribution is 2.19. The molecule has 2 rings (SSSR count). The average molecular weight is 371 g/mol. The highest BCUT2D eigenvalue weighted by Gasteiger charge is 2.19. The van der Waals surface area contributed by atoms with Crippen molar-refractivity contribution in [3.05, 3.63) is 65.7 Å². The molecule has 26 heavy (non-hydrogen) atoms. The van der Waals surface area contributed by atoms with Gasteiger partial charge in [0.1, 0.15) is 0 Å². The molecule has 2 aromatic carbocycles. The molecule has 1 amide bonds. The summed E-state index contributed by atoms with van der Waals surface area (Å²) in [5.41, 5.74) is 1.70. The third-order valence-corrected chi connectivity index (χ3v) is 5.08. The molecule has 0 aromatic heterocycles. The smallest absolute Gasteiger partial charge is 0.232 e. The van der Waals surface area contributed by atoms with Gasteiger partial charge >= 0.3 is 0 Å². The first-order chi connectivity index (χ1) is 12.3. The molecule has 0 bridgehead atoms. The van der Waals surface area contributed by atoms with Crippen LogP contribution in [0.2, 0.25) is 0 Å². The van der Waals surface area contributed by atoms with Gasteiger partial charge in [0.15, 0.2) is 0 Å². The van der Waals surface area contributed by atoms with Crippen molar-refractivity contribution in [3.63, 3.8) is 0 Å². The minimum absolute atomic E-state index is 0.00105. The lowest BCUT2D eigenvalue weighted by Gasteiger charge is -2.23. The monoisotopic (exact) mass is 371 g/mol. The fraction of sp³-hybridized carbons (Fsp3) is 0.263. The number of rotatable bonds is 7. The van der Waals surface area contributed by atoms with E-state index in [0.717, 1.165) is 16.1 Å². The fourth-order valence-corrected chi connectivity index (χ4v) is 3.48. The molecule has 0 fully saturated rings. The van der Waals surface area contributed by atoms with E-state index in [9.17, 15) is 13.2 Å². The normalized spacial score (nSPS) is 12.0. The number of anilines is 1. The number of hydrogen-bond donors (Lipinski definition) is 1. The molecular formula is C19H21N3O3S. The van der Waals surface area contributed by atoms with Gasteiger partial charge in [-0.2, -0.15) is 5.26 Å². The van der Waals surface area contributed by atoms with E-state index in [0.29, 0.717) is 11.3 Å². The van der Waals surface area contributed by atoms with Crippen LogP contribution in [0.25, 0.3) is 0 Å². The minimum Gasteiger partial charge on any atom is -0.350 e. The van der Waals surface area contributed by atoms with E-state index in [1.54, 1.807) is 18.2 Å². The molecular weight excluding hydrogens is 350 g/mol. The summed E-state index contributed by atoms with van der Waals surface area (Å²) in [6, 6.07) is 17.6. The van der Waals surface area contributed by atoms with Crippen LogP contribution in [0.1, 0.15) is 30.5 Å². The highest BCUT2D eigenvalue weighted by molar-refractivity contribution is 7.92. The predicted octanol–water partition coefficient (Wildman–Crippen LogP) is 2.59. The number of nitrogens with zero attached hydrogens (tertiary/aromatic N) is 2. The Morgan fingerprint density at radius 1 is 1.19 bits per heavy atom. The summed E-state index contributed by atoms with van der Waals surface area (Å²) >= 11 is 0. The molecule has 1 atom stereocenters. The Morgan fingerprint density at radius 2 is 1.88 bits per heavy atom. The molecule has 0 spiro atoms. The number of amides is 1. The minimum atomic E-state index is -3.58. The van der Waals surface area contributed by atoms with Crippen molar-refractivity contribution in [3.8, 4) is 6.07 Å². The van der Waals surface area contributed by atoms with Crippen molar-refractivity contribution in [2.24, 2.45) is 0 Å². The third-order valence-electron chi connectivity index (χ3n) is 3.88. The van der Waals surface area contributed by atoms with Crippen molar-refractivity contribution in [1.29, 1.82) is 5.26 Å². The van der Waals surface area contributed by atoms with Gasteiger partial charge in [-0.15, -0.1) is 0 Å². The first-order valence-electron chi connectivity index (χ1n) is 8.13. The predicted molar refractivity (Wildman–Crippen MR) is 101 cm³/mol. The Hall–Kier alpha value is -2.85. The fourth-order valence-electron chi connectivity index (χ4n) is 2.56. The molecule has 136 valence electrons. The van der Waals surface area contributed by atoms with Gasteiger partial charge in [0, 0.05) is 13.0 Å². The van der Waals surface area contributed by atoms with Crippen LogP contribution < -0.4 is 9.62 Å². The molecule has 7 heteroatoms. The lowest BCUT2D eigenvalue weighted by Crippen LogP contribution is -2.35. The van der Waals surface area contributed by atoms with E-state index in [-0.39, 0.29) is 24.9 Å². The molecule has 2 aromatic rings. The van der Waals surface area contributed by atoms with Crippen LogP contribution in [0.4, 0.5) is 5.69 Å². The van der Waals surface area contributed by atoms with Crippen LogP contribution in [0.15, 0.2) is 54.6 Å². The van der Waals surface area contributed by atoms with Crippen LogP contribution in [0.5, 0.6) is 0 Å². The molecule has 0 saturated carbocycles. The van der Waals surface area contributed by atoms with Gasteiger partial charge in [-0.3, -0.25) is 9.10 Å². The summed E-state index contributed by atoms with van der Waals surface area (Å²) in [6.45, 7) is 1.87. The van der Waals surface area contributed by atoms with Crippen molar-refractivity contribution >= 4 is 21.6 Å². The maximum Gasteiger partial charge on any atom is 0.232 e. The summed E-state index contributed by atoms with van der Waals surface area (Å²) in [5.74, 6) is -0.244.